The van der Waals surface area contributed by atoms with E-state index in [0.29, 0.717) is 13.2 Å². The lowest BCUT2D eigenvalue weighted by Gasteiger charge is -2.17. The molecule has 0 saturated carbocycles. The molecule has 0 aliphatic carbocycles. The molecular weight excluding hydrogens is 256 g/mol. The van der Waals surface area contributed by atoms with Crippen LogP contribution in [0.1, 0.15) is 24.3 Å². The lowest BCUT2D eigenvalue weighted by atomic mass is 10.1. The summed E-state index contributed by atoms with van der Waals surface area (Å²) in [6.45, 7) is 3.15. The van der Waals surface area contributed by atoms with Crippen LogP contribution in [-0.4, -0.2) is 29.3 Å². The van der Waals surface area contributed by atoms with Gasteiger partial charge in [-0.1, -0.05) is 6.07 Å². The Balaban J connectivity index is 1.63. The second kappa shape index (κ2) is 7.79. The first-order valence-corrected chi connectivity index (χ1v) is 6.67. The van der Waals surface area contributed by atoms with Gasteiger partial charge in [0.1, 0.15) is 12.4 Å². The van der Waals surface area contributed by atoms with E-state index in [4.69, 9.17) is 9.15 Å². The monoisotopic (exact) mass is 276 g/mol. The van der Waals surface area contributed by atoms with Crippen molar-refractivity contribution >= 4 is 0 Å². The van der Waals surface area contributed by atoms with Crippen molar-refractivity contribution in [2.75, 3.05) is 13.2 Å². The van der Waals surface area contributed by atoms with Crippen LogP contribution in [0.15, 0.2) is 47.3 Å². The van der Waals surface area contributed by atoms with E-state index in [1.807, 2.05) is 37.4 Å². The maximum absolute atomic E-state index is 9.84. The van der Waals surface area contributed by atoms with Gasteiger partial charge in [-0.25, -0.2) is 0 Å². The highest BCUT2D eigenvalue weighted by molar-refractivity contribution is 5.12. The number of furan rings is 1. The Kier molecular flexibility index (Phi) is 5.73. The maximum atomic E-state index is 9.84. The van der Waals surface area contributed by atoms with E-state index in [0.717, 1.165) is 11.3 Å². The fraction of sp³-hybridized carbons (Fsp3) is 0.400. The van der Waals surface area contributed by atoms with Gasteiger partial charge in [-0.2, -0.15) is 0 Å². The smallest absolute Gasteiger partial charge is 0.129 e. The van der Waals surface area contributed by atoms with Crippen LogP contribution in [0.2, 0.25) is 0 Å². The second-order valence-electron chi connectivity index (χ2n) is 4.66. The van der Waals surface area contributed by atoms with Crippen molar-refractivity contribution in [3.8, 4) is 0 Å². The van der Waals surface area contributed by atoms with Crippen molar-refractivity contribution in [1.82, 2.24) is 10.3 Å². The molecule has 0 spiro atoms. The van der Waals surface area contributed by atoms with E-state index in [1.54, 1.807) is 12.5 Å². The number of ether oxygens (including phenoxy) is 1. The zero-order chi connectivity index (χ0) is 14.2. The standard InChI is InChI=1S/C15H20N2O3/c1-12(13-4-2-6-16-8-13)17-9-14(18)10-19-11-15-5-3-7-20-15/h2-8,12,14,17-18H,9-11H2,1H3. The summed E-state index contributed by atoms with van der Waals surface area (Å²) in [7, 11) is 0. The van der Waals surface area contributed by atoms with E-state index in [2.05, 4.69) is 10.3 Å². The molecule has 0 amide bonds. The number of hydrogen-bond donors (Lipinski definition) is 2. The average Bonchev–Trinajstić information content (AvgIpc) is 2.99. The molecule has 5 nitrogen and oxygen atoms in total. The summed E-state index contributed by atoms with van der Waals surface area (Å²) in [5, 5.41) is 13.1. The molecule has 2 unspecified atom stereocenters. The van der Waals surface area contributed by atoms with Gasteiger partial charge in [0.15, 0.2) is 0 Å². The fourth-order valence-corrected chi connectivity index (χ4v) is 1.81. The molecule has 0 fully saturated rings. The molecule has 0 bridgehead atoms. The van der Waals surface area contributed by atoms with Gasteiger partial charge in [0.25, 0.3) is 0 Å². The highest BCUT2D eigenvalue weighted by atomic mass is 16.5. The first-order chi connectivity index (χ1) is 9.75. The van der Waals surface area contributed by atoms with Crippen molar-refractivity contribution in [1.29, 1.82) is 0 Å². The maximum Gasteiger partial charge on any atom is 0.129 e. The van der Waals surface area contributed by atoms with Crippen molar-refractivity contribution < 1.29 is 14.3 Å². The first kappa shape index (κ1) is 14.7. The predicted molar refractivity (Wildman–Crippen MR) is 75.0 cm³/mol. The molecule has 2 N–H and O–H groups in total. The molecule has 2 aromatic heterocycles. The molecule has 108 valence electrons. The van der Waals surface area contributed by atoms with E-state index < -0.39 is 6.10 Å². The molecule has 0 aromatic carbocycles. The number of aliphatic hydroxyl groups excluding tert-OH is 1. The summed E-state index contributed by atoms with van der Waals surface area (Å²) in [4.78, 5) is 4.07. The number of pyridine rings is 1. The van der Waals surface area contributed by atoms with Crippen molar-refractivity contribution in [3.05, 3.63) is 54.2 Å². The zero-order valence-electron chi connectivity index (χ0n) is 11.5. The van der Waals surface area contributed by atoms with E-state index in [1.165, 1.54) is 0 Å². The molecule has 20 heavy (non-hydrogen) atoms. The summed E-state index contributed by atoms with van der Waals surface area (Å²) < 4.78 is 10.5. The normalized spacial score (nSPS) is 14.1. The number of nitrogens with one attached hydrogen (secondary N) is 1. The third kappa shape index (κ3) is 4.77. The predicted octanol–water partition coefficient (Wildman–Crippen LogP) is 1.90. The van der Waals surface area contributed by atoms with Crippen LogP contribution in [0.3, 0.4) is 0 Å². The lowest BCUT2D eigenvalue weighted by molar-refractivity contribution is 0.0217. The minimum Gasteiger partial charge on any atom is -0.467 e. The van der Waals surface area contributed by atoms with Gasteiger partial charge in [0.2, 0.25) is 0 Å². The summed E-state index contributed by atoms with van der Waals surface area (Å²) in [5.74, 6) is 0.758. The Morgan fingerprint density at radius 1 is 1.40 bits per heavy atom. The minimum atomic E-state index is -0.552. The summed E-state index contributed by atoms with van der Waals surface area (Å²) in [5.41, 5.74) is 1.09. The number of nitrogens with zero attached hydrogens (tertiary/aromatic N) is 1. The van der Waals surface area contributed by atoms with Crippen LogP contribution in [-0.2, 0) is 11.3 Å². The lowest BCUT2D eigenvalue weighted by Crippen LogP contribution is -2.32. The van der Waals surface area contributed by atoms with Crippen LogP contribution in [0.5, 0.6) is 0 Å². The van der Waals surface area contributed by atoms with Gasteiger partial charge < -0.3 is 19.6 Å². The van der Waals surface area contributed by atoms with Crippen LogP contribution in [0.4, 0.5) is 0 Å². The second-order valence-corrected chi connectivity index (χ2v) is 4.66. The molecule has 0 radical (unpaired) electrons. The highest BCUT2D eigenvalue weighted by Gasteiger charge is 2.09. The van der Waals surface area contributed by atoms with E-state index >= 15 is 0 Å². The Morgan fingerprint density at radius 3 is 3.00 bits per heavy atom. The average molecular weight is 276 g/mol. The Labute approximate surface area is 118 Å². The van der Waals surface area contributed by atoms with Gasteiger partial charge in [-0.05, 0) is 30.7 Å². The number of aliphatic hydroxyl groups is 1. The summed E-state index contributed by atoms with van der Waals surface area (Å²) in [6.07, 6.45) is 4.61. The van der Waals surface area contributed by atoms with Crippen LogP contribution >= 0.6 is 0 Å². The van der Waals surface area contributed by atoms with Crippen LogP contribution < -0.4 is 5.32 Å². The fourth-order valence-electron chi connectivity index (χ4n) is 1.81. The molecule has 0 saturated heterocycles. The first-order valence-electron chi connectivity index (χ1n) is 6.67. The number of hydrogen-bond acceptors (Lipinski definition) is 5. The summed E-state index contributed by atoms with van der Waals surface area (Å²) >= 11 is 0. The molecule has 2 atom stereocenters. The topological polar surface area (TPSA) is 67.5 Å². The van der Waals surface area contributed by atoms with Crippen molar-refractivity contribution in [3.63, 3.8) is 0 Å². The van der Waals surface area contributed by atoms with Crippen molar-refractivity contribution in [2.24, 2.45) is 0 Å². The van der Waals surface area contributed by atoms with Crippen molar-refractivity contribution in [2.45, 2.75) is 25.7 Å². The van der Waals surface area contributed by atoms with Gasteiger partial charge in [0, 0.05) is 25.0 Å². The van der Waals surface area contributed by atoms with E-state index in [-0.39, 0.29) is 12.6 Å². The van der Waals surface area contributed by atoms with E-state index in [9.17, 15) is 5.11 Å². The molecule has 0 aliphatic heterocycles. The van der Waals surface area contributed by atoms with Gasteiger partial charge >= 0.3 is 0 Å². The number of rotatable bonds is 8. The molecule has 2 rings (SSSR count). The Bertz CT molecular complexity index is 473. The van der Waals surface area contributed by atoms with Crippen LogP contribution in [0.25, 0.3) is 0 Å². The number of aromatic nitrogens is 1. The van der Waals surface area contributed by atoms with Gasteiger partial charge in [-0.15, -0.1) is 0 Å². The Hall–Kier alpha value is -1.69. The third-order valence-electron chi connectivity index (χ3n) is 2.98. The van der Waals surface area contributed by atoms with Gasteiger partial charge in [0.05, 0.1) is 19.0 Å². The SMILES string of the molecule is CC(NCC(O)COCc1ccco1)c1cccnc1. The Morgan fingerprint density at radius 2 is 2.30 bits per heavy atom. The molecule has 2 heterocycles. The minimum absolute atomic E-state index is 0.142. The zero-order valence-corrected chi connectivity index (χ0v) is 11.5. The van der Waals surface area contributed by atoms with Crippen LogP contribution in [0, 0.1) is 0 Å². The largest absolute Gasteiger partial charge is 0.467 e. The molecule has 2 aromatic rings. The molecular formula is C15H20N2O3. The summed E-state index contributed by atoms with van der Waals surface area (Å²) in [6, 6.07) is 7.70. The highest BCUT2D eigenvalue weighted by Crippen LogP contribution is 2.09. The quantitative estimate of drug-likeness (QED) is 0.771. The molecule has 5 heteroatoms. The third-order valence-corrected chi connectivity index (χ3v) is 2.98. The molecule has 0 aliphatic rings. The van der Waals surface area contributed by atoms with Gasteiger partial charge in [-0.3, -0.25) is 4.98 Å².